The zero-order valence-corrected chi connectivity index (χ0v) is 18.3. The second-order valence-corrected chi connectivity index (χ2v) is 7.98. The SMILES string of the molecule is COc1ccc(-c2nc(NCC3CCCO3)nc3nn(Cc4ccccc4)c(N)c23)c(F)c1. The van der Waals surface area contributed by atoms with Crippen LogP contribution in [0.5, 0.6) is 5.75 Å². The van der Waals surface area contributed by atoms with Crippen molar-refractivity contribution in [3.8, 4) is 17.0 Å². The van der Waals surface area contributed by atoms with E-state index >= 15 is 4.39 Å². The molecule has 0 saturated carbocycles. The van der Waals surface area contributed by atoms with Gasteiger partial charge in [-0.1, -0.05) is 30.3 Å². The van der Waals surface area contributed by atoms with Gasteiger partial charge in [0.05, 0.1) is 30.8 Å². The van der Waals surface area contributed by atoms with Gasteiger partial charge in [0.15, 0.2) is 5.65 Å². The molecule has 3 N–H and O–H groups in total. The van der Waals surface area contributed by atoms with Crippen LogP contribution in [0, 0.1) is 5.82 Å². The number of rotatable bonds is 7. The number of aromatic nitrogens is 4. The van der Waals surface area contributed by atoms with Crippen LogP contribution in [-0.2, 0) is 11.3 Å². The topological polar surface area (TPSA) is 100 Å². The molecule has 8 nitrogen and oxygen atoms in total. The molecule has 2 aromatic carbocycles. The van der Waals surface area contributed by atoms with Crippen LogP contribution >= 0.6 is 0 Å². The molecule has 170 valence electrons. The molecule has 0 amide bonds. The van der Waals surface area contributed by atoms with E-state index in [4.69, 9.17) is 15.2 Å². The van der Waals surface area contributed by atoms with Gasteiger partial charge in [0, 0.05) is 24.8 Å². The molecule has 1 aliphatic rings. The van der Waals surface area contributed by atoms with Crippen molar-refractivity contribution in [2.45, 2.75) is 25.5 Å². The number of methoxy groups -OCH3 is 1. The lowest BCUT2D eigenvalue weighted by atomic mass is 10.1. The zero-order valence-electron chi connectivity index (χ0n) is 18.3. The normalized spacial score (nSPS) is 15.8. The van der Waals surface area contributed by atoms with Gasteiger partial charge >= 0.3 is 0 Å². The molecule has 0 aliphatic carbocycles. The van der Waals surface area contributed by atoms with Crippen LogP contribution in [0.2, 0.25) is 0 Å². The predicted octanol–water partition coefficient (Wildman–Crippen LogP) is 3.86. The number of anilines is 2. The molecule has 4 aromatic rings. The molecule has 1 atom stereocenters. The molecule has 0 bridgehead atoms. The van der Waals surface area contributed by atoms with Crippen LogP contribution in [0.1, 0.15) is 18.4 Å². The summed E-state index contributed by atoms with van der Waals surface area (Å²) in [5, 5.41) is 8.36. The number of halogens is 1. The van der Waals surface area contributed by atoms with Crippen LogP contribution in [-0.4, -0.2) is 46.1 Å². The van der Waals surface area contributed by atoms with Gasteiger partial charge in [-0.3, -0.25) is 0 Å². The summed E-state index contributed by atoms with van der Waals surface area (Å²) >= 11 is 0. The maximum atomic E-state index is 15.1. The highest BCUT2D eigenvalue weighted by molar-refractivity contribution is 5.99. The number of hydrogen-bond donors (Lipinski definition) is 2. The molecule has 0 radical (unpaired) electrons. The highest BCUT2D eigenvalue weighted by Gasteiger charge is 2.22. The number of fused-ring (bicyclic) bond motifs is 1. The maximum absolute atomic E-state index is 15.1. The van der Waals surface area contributed by atoms with Crippen LogP contribution < -0.4 is 15.8 Å². The molecule has 1 saturated heterocycles. The van der Waals surface area contributed by atoms with Crippen molar-refractivity contribution in [3.05, 3.63) is 59.9 Å². The summed E-state index contributed by atoms with van der Waals surface area (Å²) in [6.07, 6.45) is 2.12. The smallest absolute Gasteiger partial charge is 0.225 e. The number of ether oxygens (including phenoxy) is 2. The zero-order chi connectivity index (χ0) is 22.8. The van der Waals surface area contributed by atoms with Crippen molar-refractivity contribution >= 4 is 22.8 Å². The van der Waals surface area contributed by atoms with E-state index in [0.29, 0.717) is 52.9 Å². The quantitative estimate of drug-likeness (QED) is 0.443. The fourth-order valence-electron chi connectivity index (χ4n) is 4.03. The van der Waals surface area contributed by atoms with Gasteiger partial charge in [0.25, 0.3) is 0 Å². The van der Waals surface area contributed by atoms with E-state index in [1.807, 2.05) is 30.3 Å². The Morgan fingerprint density at radius 1 is 1.21 bits per heavy atom. The number of hydrogen-bond acceptors (Lipinski definition) is 7. The maximum Gasteiger partial charge on any atom is 0.225 e. The third-order valence-electron chi connectivity index (χ3n) is 5.76. The fraction of sp³-hybridized carbons (Fsp3) is 0.292. The van der Waals surface area contributed by atoms with Gasteiger partial charge in [-0.25, -0.2) is 14.1 Å². The number of nitrogens with one attached hydrogen (secondary N) is 1. The van der Waals surface area contributed by atoms with Crippen molar-refractivity contribution in [1.29, 1.82) is 0 Å². The first kappa shape index (κ1) is 21.1. The van der Waals surface area contributed by atoms with Gasteiger partial charge in [-0.05, 0) is 30.5 Å². The first-order chi connectivity index (χ1) is 16.1. The summed E-state index contributed by atoms with van der Waals surface area (Å²) in [5.74, 6) is 0.693. The average Bonchev–Trinajstić information content (AvgIpc) is 3.46. The van der Waals surface area contributed by atoms with Gasteiger partial charge in [-0.15, -0.1) is 5.10 Å². The molecular formula is C24H25FN6O2. The van der Waals surface area contributed by atoms with E-state index in [9.17, 15) is 0 Å². The molecular weight excluding hydrogens is 423 g/mol. The third kappa shape index (κ3) is 4.31. The van der Waals surface area contributed by atoms with Crippen molar-refractivity contribution < 1.29 is 13.9 Å². The standard InChI is InChI=1S/C24H25FN6O2/c1-32-16-9-10-18(19(25)12-16)21-20-22(26)31(14-15-6-3-2-4-7-15)30-23(20)29-24(28-21)27-13-17-8-5-11-33-17/h2-4,6-7,9-10,12,17H,5,8,11,13-14,26H2,1H3,(H,27,29,30). The van der Waals surface area contributed by atoms with Crippen LogP contribution in [0.25, 0.3) is 22.3 Å². The molecule has 1 aliphatic heterocycles. The summed E-state index contributed by atoms with van der Waals surface area (Å²) in [6.45, 7) is 1.79. The Kier molecular flexibility index (Phi) is 5.78. The minimum absolute atomic E-state index is 0.103. The summed E-state index contributed by atoms with van der Waals surface area (Å²) in [6, 6.07) is 14.5. The van der Waals surface area contributed by atoms with Gasteiger partial charge in [0.1, 0.15) is 17.4 Å². The summed E-state index contributed by atoms with van der Waals surface area (Å²) in [7, 11) is 1.50. The Balaban J connectivity index is 1.59. The highest BCUT2D eigenvalue weighted by Crippen LogP contribution is 2.34. The molecule has 2 aromatic heterocycles. The van der Waals surface area contributed by atoms with Crippen LogP contribution in [0.4, 0.5) is 16.2 Å². The van der Waals surface area contributed by atoms with E-state index < -0.39 is 5.82 Å². The second kappa shape index (κ2) is 9.03. The number of nitrogens with zero attached hydrogens (tertiary/aromatic N) is 4. The lowest BCUT2D eigenvalue weighted by Crippen LogP contribution is -2.19. The van der Waals surface area contributed by atoms with E-state index in [0.717, 1.165) is 25.0 Å². The van der Waals surface area contributed by atoms with Gasteiger partial charge < -0.3 is 20.5 Å². The first-order valence-electron chi connectivity index (χ1n) is 10.9. The van der Waals surface area contributed by atoms with E-state index in [-0.39, 0.29) is 6.10 Å². The van der Waals surface area contributed by atoms with Crippen molar-refractivity contribution in [3.63, 3.8) is 0 Å². The summed E-state index contributed by atoms with van der Waals surface area (Å²) in [5.41, 5.74) is 8.61. The highest BCUT2D eigenvalue weighted by atomic mass is 19.1. The van der Waals surface area contributed by atoms with Crippen molar-refractivity contribution in [1.82, 2.24) is 19.7 Å². The molecule has 5 rings (SSSR count). The largest absolute Gasteiger partial charge is 0.497 e. The molecule has 33 heavy (non-hydrogen) atoms. The van der Waals surface area contributed by atoms with Crippen molar-refractivity contribution in [2.24, 2.45) is 0 Å². The Morgan fingerprint density at radius 3 is 2.79 bits per heavy atom. The van der Waals surface area contributed by atoms with E-state index in [1.165, 1.54) is 13.2 Å². The molecule has 1 unspecified atom stereocenters. The van der Waals surface area contributed by atoms with Gasteiger partial charge in [-0.2, -0.15) is 4.98 Å². The molecule has 0 spiro atoms. The average molecular weight is 449 g/mol. The lowest BCUT2D eigenvalue weighted by molar-refractivity contribution is 0.120. The Hall–Kier alpha value is -3.72. The molecule has 1 fully saturated rings. The summed E-state index contributed by atoms with van der Waals surface area (Å²) < 4.78 is 27.5. The number of nitrogen functional groups attached to an aromatic ring is 1. The Labute approximate surface area is 190 Å². The predicted molar refractivity (Wildman–Crippen MR) is 125 cm³/mol. The molecule has 3 heterocycles. The number of benzene rings is 2. The van der Waals surface area contributed by atoms with Gasteiger partial charge in [0.2, 0.25) is 5.95 Å². The second-order valence-electron chi connectivity index (χ2n) is 7.98. The first-order valence-corrected chi connectivity index (χ1v) is 10.9. The minimum atomic E-state index is -0.463. The summed E-state index contributed by atoms with van der Waals surface area (Å²) in [4.78, 5) is 9.21. The van der Waals surface area contributed by atoms with Crippen molar-refractivity contribution in [2.75, 3.05) is 31.3 Å². The number of nitrogens with two attached hydrogens (primary N) is 1. The Morgan fingerprint density at radius 2 is 2.06 bits per heavy atom. The van der Waals surface area contributed by atoms with Crippen LogP contribution in [0.3, 0.4) is 0 Å². The Bertz CT molecular complexity index is 1270. The third-order valence-corrected chi connectivity index (χ3v) is 5.76. The fourth-order valence-corrected chi connectivity index (χ4v) is 4.03. The minimum Gasteiger partial charge on any atom is -0.497 e. The molecule has 9 heteroatoms. The van der Waals surface area contributed by atoms with E-state index in [1.54, 1.807) is 16.8 Å². The monoisotopic (exact) mass is 448 g/mol. The lowest BCUT2D eigenvalue weighted by Gasteiger charge is -2.12. The van der Waals surface area contributed by atoms with Crippen LogP contribution in [0.15, 0.2) is 48.5 Å². The van der Waals surface area contributed by atoms with E-state index in [2.05, 4.69) is 20.4 Å².